The number of carbonyl (C=O) groups excluding carboxylic acids is 1. The van der Waals surface area contributed by atoms with Crippen LogP contribution in [0.2, 0.25) is 0 Å². The number of hydrogen-bond acceptors (Lipinski definition) is 5. The second-order valence-electron chi connectivity index (χ2n) is 5.24. The molecule has 0 saturated carbocycles. The summed E-state index contributed by atoms with van der Waals surface area (Å²) in [7, 11) is 1.38. The second-order valence-corrected chi connectivity index (χ2v) is 5.24. The monoisotopic (exact) mass is 309 g/mol. The zero-order chi connectivity index (χ0) is 16.2. The molecule has 1 atom stereocenters. The van der Waals surface area contributed by atoms with Crippen LogP contribution in [0.1, 0.15) is 23.7 Å². The first-order valence-electron chi connectivity index (χ1n) is 6.91. The summed E-state index contributed by atoms with van der Waals surface area (Å²) in [5, 5.41) is 11.7. The molecule has 1 aliphatic rings. The van der Waals surface area contributed by atoms with Gasteiger partial charge in [-0.05, 0) is 25.1 Å². The summed E-state index contributed by atoms with van der Waals surface area (Å²) < 4.78 is 15.9. The molecule has 1 heterocycles. The van der Waals surface area contributed by atoms with Gasteiger partial charge in [-0.25, -0.2) is 4.79 Å². The van der Waals surface area contributed by atoms with E-state index < -0.39 is 17.4 Å². The number of ether oxygens (including phenoxy) is 3. The predicted molar refractivity (Wildman–Crippen MR) is 77.4 cm³/mol. The van der Waals surface area contributed by atoms with Crippen LogP contribution in [-0.4, -0.2) is 49.5 Å². The molecule has 0 fully saturated rings. The number of benzene rings is 1. The number of rotatable bonds is 5. The minimum atomic E-state index is -1.50. The molecule has 120 valence electrons. The van der Waals surface area contributed by atoms with Crippen molar-refractivity contribution in [2.75, 3.05) is 26.9 Å². The summed E-state index contributed by atoms with van der Waals surface area (Å²) in [4.78, 5) is 23.6. The summed E-state index contributed by atoms with van der Waals surface area (Å²) in [5.74, 6) is -0.629. The standard InChI is InChI=1S/C15H19NO6/c1-15(9-20-2,14(18)19)16-13(17)10-4-5-11-12(8-10)22-7-3-6-21-11/h4-5,8H,3,6-7,9H2,1-2H3,(H,16,17)(H,18,19). The van der Waals surface area contributed by atoms with Crippen molar-refractivity contribution in [1.82, 2.24) is 5.32 Å². The average molecular weight is 309 g/mol. The molecule has 22 heavy (non-hydrogen) atoms. The van der Waals surface area contributed by atoms with Gasteiger partial charge in [-0.1, -0.05) is 0 Å². The van der Waals surface area contributed by atoms with Gasteiger partial charge in [0.15, 0.2) is 17.0 Å². The lowest BCUT2D eigenvalue weighted by molar-refractivity contribution is -0.145. The van der Waals surface area contributed by atoms with Gasteiger partial charge >= 0.3 is 5.97 Å². The zero-order valence-corrected chi connectivity index (χ0v) is 12.5. The molecule has 7 heteroatoms. The maximum absolute atomic E-state index is 12.3. The third kappa shape index (κ3) is 3.48. The second kappa shape index (κ2) is 6.65. The van der Waals surface area contributed by atoms with Crippen molar-refractivity contribution in [3.05, 3.63) is 23.8 Å². The largest absolute Gasteiger partial charge is 0.490 e. The van der Waals surface area contributed by atoms with Gasteiger partial charge in [0.1, 0.15) is 0 Å². The molecule has 1 aromatic rings. The number of nitrogens with one attached hydrogen (secondary N) is 1. The minimum absolute atomic E-state index is 0.140. The molecule has 7 nitrogen and oxygen atoms in total. The Bertz CT molecular complexity index is 573. The van der Waals surface area contributed by atoms with Gasteiger partial charge in [0, 0.05) is 19.1 Å². The highest BCUT2D eigenvalue weighted by Crippen LogP contribution is 2.30. The Morgan fingerprint density at radius 3 is 2.64 bits per heavy atom. The highest BCUT2D eigenvalue weighted by atomic mass is 16.5. The van der Waals surface area contributed by atoms with Crippen molar-refractivity contribution in [2.45, 2.75) is 18.9 Å². The third-order valence-electron chi connectivity index (χ3n) is 3.30. The van der Waals surface area contributed by atoms with Crippen LogP contribution in [-0.2, 0) is 9.53 Å². The fourth-order valence-corrected chi connectivity index (χ4v) is 2.07. The Hall–Kier alpha value is -2.28. The van der Waals surface area contributed by atoms with Gasteiger partial charge in [-0.3, -0.25) is 4.79 Å². The number of fused-ring (bicyclic) bond motifs is 1. The number of hydrogen-bond donors (Lipinski definition) is 2. The lowest BCUT2D eigenvalue weighted by Crippen LogP contribution is -2.55. The van der Waals surface area contributed by atoms with Crippen LogP contribution >= 0.6 is 0 Å². The lowest BCUT2D eigenvalue weighted by atomic mass is 10.0. The highest BCUT2D eigenvalue weighted by molar-refractivity contribution is 5.98. The third-order valence-corrected chi connectivity index (χ3v) is 3.30. The van der Waals surface area contributed by atoms with Crippen molar-refractivity contribution in [3.63, 3.8) is 0 Å². The maximum Gasteiger partial charge on any atom is 0.331 e. The molecule has 1 amide bonds. The van der Waals surface area contributed by atoms with E-state index >= 15 is 0 Å². The molecule has 0 bridgehead atoms. The van der Waals surface area contributed by atoms with Crippen LogP contribution in [0.5, 0.6) is 11.5 Å². The predicted octanol–water partition coefficient (Wildman–Crippen LogP) is 1.07. The van der Waals surface area contributed by atoms with Crippen molar-refractivity contribution in [2.24, 2.45) is 0 Å². The van der Waals surface area contributed by atoms with Crippen LogP contribution in [0.3, 0.4) is 0 Å². The van der Waals surface area contributed by atoms with Gasteiger partial charge in [-0.2, -0.15) is 0 Å². The summed E-state index contributed by atoms with van der Waals surface area (Å²) in [6.45, 7) is 2.32. The fraction of sp³-hybridized carbons (Fsp3) is 0.467. The smallest absolute Gasteiger partial charge is 0.331 e. The molecule has 1 aliphatic heterocycles. The Morgan fingerprint density at radius 2 is 2.00 bits per heavy atom. The Morgan fingerprint density at radius 1 is 1.32 bits per heavy atom. The molecule has 0 aromatic heterocycles. The Labute approximate surface area is 128 Å². The minimum Gasteiger partial charge on any atom is -0.490 e. The van der Waals surface area contributed by atoms with E-state index in [2.05, 4.69) is 5.32 Å². The number of carboxylic acids is 1. The van der Waals surface area contributed by atoms with E-state index in [1.807, 2.05) is 0 Å². The SMILES string of the molecule is COCC(C)(NC(=O)c1ccc2c(c1)OCCCO2)C(=O)O. The summed E-state index contributed by atoms with van der Waals surface area (Å²) in [6.07, 6.45) is 0.765. The average Bonchev–Trinajstić information content (AvgIpc) is 2.71. The fourth-order valence-electron chi connectivity index (χ4n) is 2.07. The van der Waals surface area contributed by atoms with E-state index in [9.17, 15) is 14.7 Å². The summed E-state index contributed by atoms with van der Waals surface area (Å²) >= 11 is 0. The molecule has 1 aromatic carbocycles. The van der Waals surface area contributed by atoms with E-state index in [0.717, 1.165) is 6.42 Å². The number of aliphatic carboxylic acids is 1. The first-order valence-corrected chi connectivity index (χ1v) is 6.91. The highest BCUT2D eigenvalue weighted by Gasteiger charge is 2.35. The van der Waals surface area contributed by atoms with Crippen LogP contribution in [0, 0.1) is 0 Å². The van der Waals surface area contributed by atoms with Crippen molar-refractivity contribution >= 4 is 11.9 Å². The normalized spacial score (nSPS) is 16.3. The van der Waals surface area contributed by atoms with Crippen molar-refractivity contribution in [1.29, 1.82) is 0 Å². The van der Waals surface area contributed by atoms with Crippen LogP contribution in [0.25, 0.3) is 0 Å². The van der Waals surface area contributed by atoms with Crippen molar-refractivity contribution < 1.29 is 28.9 Å². The zero-order valence-electron chi connectivity index (χ0n) is 12.5. The molecule has 0 saturated heterocycles. The molecular weight excluding hydrogens is 290 g/mol. The molecular formula is C15H19NO6. The van der Waals surface area contributed by atoms with Gasteiger partial charge in [0.05, 0.1) is 19.8 Å². The number of carbonyl (C=O) groups is 2. The van der Waals surface area contributed by atoms with Gasteiger partial charge in [0.25, 0.3) is 5.91 Å². The van der Waals surface area contributed by atoms with Crippen molar-refractivity contribution in [3.8, 4) is 11.5 Å². The van der Waals surface area contributed by atoms with Crippen LogP contribution in [0.4, 0.5) is 0 Å². The van der Waals surface area contributed by atoms with E-state index in [-0.39, 0.29) is 6.61 Å². The number of methoxy groups -OCH3 is 1. The van der Waals surface area contributed by atoms with Crippen LogP contribution in [0.15, 0.2) is 18.2 Å². The molecule has 0 spiro atoms. The summed E-state index contributed by atoms with van der Waals surface area (Å²) in [6, 6.07) is 4.76. The Balaban J connectivity index is 2.19. The first-order chi connectivity index (χ1) is 10.5. The number of amides is 1. The van der Waals surface area contributed by atoms with E-state index in [1.54, 1.807) is 18.2 Å². The van der Waals surface area contributed by atoms with Gasteiger partial charge < -0.3 is 24.6 Å². The molecule has 1 unspecified atom stereocenters. The van der Waals surface area contributed by atoms with Gasteiger partial charge in [-0.15, -0.1) is 0 Å². The van der Waals surface area contributed by atoms with Gasteiger partial charge in [0.2, 0.25) is 0 Å². The molecule has 2 N–H and O–H groups in total. The Kier molecular flexibility index (Phi) is 4.87. The molecule has 0 aliphatic carbocycles. The van der Waals surface area contributed by atoms with Crippen LogP contribution < -0.4 is 14.8 Å². The molecule has 2 rings (SSSR count). The maximum atomic E-state index is 12.3. The molecule has 0 radical (unpaired) electrons. The van der Waals surface area contributed by atoms with E-state index in [1.165, 1.54) is 14.0 Å². The topological polar surface area (TPSA) is 94.1 Å². The van der Waals surface area contributed by atoms with E-state index in [4.69, 9.17) is 14.2 Å². The summed E-state index contributed by atoms with van der Waals surface area (Å²) in [5.41, 5.74) is -1.21. The lowest BCUT2D eigenvalue weighted by Gasteiger charge is -2.25. The first kappa shape index (κ1) is 16.1. The van der Waals surface area contributed by atoms with E-state index in [0.29, 0.717) is 30.3 Å². The number of carboxylic acid groups (broad SMARTS) is 1. The quantitative estimate of drug-likeness (QED) is 0.845.